The number of hydrogen-bond donors (Lipinski definition) is 0. The molecule has 0 amide bonds. The largest absolute Gasteiger partial charge is 0.333 e. The summed E-state index contributed by atoms with van der Waals surface area (Å²) in [6, 6.07) is 0. The first-order chi connectivity index (χ1) is 8.04. The van der Waals surface area contributed by atoms with Crippen LogP contribution in [0.2, 0.25) is 0 Å². The molecule has 0 aliphatic rings. The van der Waals surface area contributed by atoms with Crippen molar-refractivity contribution in [2.24, 2.45) is 0 Å². The molecule has 0 fully saturated rings. The number of halogens is 1. The van der Waals surface area contributed by atoms with Crippen LogP contribution in [0, 0.1) is 6.92 Å². The van der Waals surface area contributed by atoms with Crippen LogP contribution in [0.4, 0.5) is 0 Å². The van der Waals surface area contributed by atoms with Gasteiger partial charge in [0.1, 0.15) is 5.82 Å². The standard InChI is InChI=1S/C9H15ClN2O4S2/c1-7(2)17(13,14)5-4-12-6-9(11-8(12)3)18(10,15)16/h6-7H,4-5H2,1-3H3. The van der Waals surface area contributed by atoms with Gasteiger partial charge in [-0.1, -0.05) is 0 Å². The third kappa shape index (κ3) is 3.69. The van der Waals surface area contributed by atoms with Crippen LogP contribution in [-0.2, 0) is 25.4 Å². The monoisotopic (exact) mass is 314 g/mol. The lowest BCUT2D eigenvalue weighted by atomic mass is 10.6. The van der Waals surface area contributed by atoms with Crippen LogP contribution in [0.15, 0.2) is 11.2 Å². The van der Waals surface area contributed by atoms with E-state index in [2.05, 4.69) is 4.98 Å². The first-order valence-corrected chi connectivity index (χ1v) is 9.26. The van der Waals surface area contributed by atoms with E-state index >= 15 is 0 Å². The maximum Gasteiger partial charge on any atom is 0.280 e. The fourth-order valence-electron chi connectivity index (χ4n) is 1.28. The lowest BCUT2D eigenvalue weighted by molar-refractivity contribution is 0.579. The molecule has 0 atom stereocenters. The Bertz CT molecular complexity index is 632. The van der Waals surface area contributed by atoms with Gasteiger partial charge in [-0.25, -0.2) is 21.8 Å². The van der Waals surface area contributed by atoms with Crippen molar-refractivity contribution in [2.75, 3.05) is 5.75 Å². The van der Waals surface area contributed by atoms with Gasteiger partial charge in [-0.05, 0) is 20.8 Å². The second-order valence-corrected chi connectivity index (χ2v) is 9.36. The number of imidazole rings is 1. The fraction of sp³-hybridized carbons (Fsp3) is 0.667. The zero-order valence-corrected chi connectivity index (χ0v) is 12.7. The molecular formula is C9H15ClN2O4S2. The molecule has 0 saturated carbocycles. The summed E-state index contributed by atoms with van der Waals surface area (Å²) >= 11 is 0. The topological polar surface area (TPSA) is 86.1 Å². The van der Waals surface area contributed by atoms with Crippen LogP contribution >= 0.6 is 10.7 Å². The lowest BCUT2D eigenvalue weighted by Gasteiger charge is -2.08. The van der Waals surface area contributed by atoms with E-state index in [0.717, 1.165) is 0 Å². The van der Waals surface area contributed by atoms with Gasteiger partial charge in [-0.3, -0.25) is 0 Å². The van der Waals surface area contributed by atoms with Crippen LogP contribution < -0.4 is 0 Å². The molecule has 104 valence electrons. The first-order valence-electron chi connectivity index (χ1n) is 5.24. The molecule has 1 heterocycles. The second-order valence-electron chi connectivity index (χ2n) is 4.17. The van der Waals surface area contributed by atoms with Crippen LogP contribution in [0.25, 0.3) is 0 Å². The summed E-state index contributed by atoms with van der Waals surface area (Å²) in [5.74, 6) is 0.345. The van der Waals surface area contributed by atoms with E-state index in [1.807, 2.05) is 0 Å². The highest BCUT2D eigenvalue weighted by Crippen LogP contribution is 2.14. The summed E-state index contributed by atoms with van der Waals surface area (Å²) in [5.41, 5.74) is 0. The number of nitrogens with zero attached hydrogens (tertiary/aromatic N) is 2. The summed E-state index contributed by atoms with van der Waals surface area (Å²) in [7, 11) is -1.89. The van der Waals surface area contributed by atoms with Gasteiger partial charge in [0.25, 0.3) is 9.05 Å². The van der Waals surface area contributed by atoms with E-state index in [-0.39, 0.29) is 17.3 Å². The predicted octanol–water partition coefficient (Wildman–Crippen LogP) is 0.942. The van der Waals surface area contributed by atoms with E-state index in [9.17, 15) is 16.8 Å². The lowest BCUT2D eigenvalue weighted by Crippen LogP contribution is -2.21. The normalized spacial score (nSPS) is 13.2. The van der Waals surface area contributed by atoms with Crippen molar-refractivity contribution < 1.29 is 16.8 Å². The quantitative estimate of drug-likeness (QED) is 0.755. The Labute approximate surface area is 111 Å². The Hall–Kier alpha value is -0.600. The summed E-state index contributed by atoms with van der Waals surface area (Å²) in [5, 5.41) is -0.721. The van der Waals surface area contributed by atoms with E-state index in [1.165, 1.54) is 10.8 Å². The summed E-state index contributed by atoms with van der Waals surface area (Å²) in [6.45, 7) is 4.95. The molecule has 0 unspecified atom stereocenters. The Kier molecular flexibility index (Phi) is 4.45. The minimum atomic E-state index is -3.88. The average Bonchev–Trinajstić information content (AvgIpc) is 2.56. The number of aromatic nitrogens is 2. The van der Waals surface area contributed by atoms with E-state index < -0.39 is 24.1 Å². The van der Waals surface area contributed by atoms with Gasteiger partial charge in [0.15, 0.2) is 14.9 Å². The number of rotatable bonds is 5. The smallest absolute Gasteiger partial charge is 0.280 e. The van der Waals surface area contributed by atoms with Gasteiger partial charge in [-0.15, -0.1) is 0 Å². The summed E-state index contributed by atoms with van der Waals surface area (Å²) < 4.78 is 46.9. The van der Waals surface area contributed by atoms with Gasteiger partial charge >= 0.3 is 0 Å². The van der Waals surface area contributed by atoms with Crippen molar-refractivity contribution >= 4 is 29.6 Å². The molecule has 0 bridgehead atoms. The van der Waals surface area contributed by atoms with E-state index in [1.54, 1.807) is 20.8 Å². The SMILES string of the molecule is Cc1nc(S(=O)(=O)Cl)cn1CCS(=O)(=O)C(C)C. The van der Waals surface area contributed by atoms with Crippen molar-refractivity contribution in [3.8, 4) is 0 Å². The molecule has 1 aromatic heterocycles. The maximum absolute atomic E-state index is 11.6. The van der Waals surface area contributed by atoms with Gasteiger partial charge in [0, 0.05) is 23.4 Å². The van der Waals surface area contributed by atoms with Crippen molar-refractivity contribution in [1.82, 2.24) is 9.55 Å². The molecule has 0 spiro atoms. The molecular weight excluding hydrogens is 300 g/mol. The highest BCUT2D eigenvalue weighted by molar-refractivity contribution is 8.13. The average molecular weight is 315 g/mol. The molecule has 0 aliphatic carbocycles. The van der Waals surface area contributed by atoms with Crippen molar-refractivity contribution in [1.29, 1.82) is 0 Å². The van der Waals surface area contributed by atoms with Crippen LogP contribution in [0.5, 0.6) is 0 Å². The minimum Gasteiger partial charge on any atom is -0.333 e. The highest BCUT2D eigenvalue weighted by atomic mass is 35.7. The third-order valence-electron chi connectivity index (χ3n) is 2.54. The molecule has 1 rings (SSSR count). The number of sulfone groups is 1. The van der Waals surface area contributed by atoms with Gasteiger partial charge < -0.3 is 4.57 Å². The molecule has 0 aliphatic heterocycles. The van der Waals surface area contributed by atoms with Crippen LogP contribution in [0.3, 0.4) is 0 Å². The highest BCUT2D eigenvalue weighted by Gasteiger charge is 2.19. The zero-order valence-electron chi connectivity index (χ0n) is 10.3. The minimum absolute atomic E-state index is 0.0658. The molecule has 0 saturated heterocycles. The molecule has 0 radical (unpaired) electrons. The molecule has 0 N–H and O–H groups in total. The van der Waals surface area contributed by atoms with Crippen molar-refractivity contribution in [3.05, 3.63) is 12.0 Å². The summed E-state index contributed by atoms with van der Waals surface area (Å²) in [4.78, 5) is 3.78. The van der Waals surface area contributed by atoms with Gasteiger partial charge in [0.05, 0.1) is 11.0 Å². The Morgan fingerprint density at radius 1 is 1.33 bits per heavy atom. The van der Waals surface area contributed by atoms with Crippen molar-refractivity contribution in [2.45, 2.75) is 37.6 Å². The van der Waals surface area contributed by atoms with Crippen LogP contribution in [0.1, 0.15) is 19.7 Å². The molecule has 0 aromatic carbocycles. The predicted molar refractivity (Wildman–Crippen MR) is 68.9 cm³/mol. The molecule has 6 nitrogen and oxygen atoms in total. The van der Waals surface area contributed by atoms with Gasteiger partial charge in [0.2, 0.25) is 0 Å². The Balaban J connectivity index is 2.91. The number of hydrogen-bond acceptors (Lipinski definition) is 5. The maximum atomic E-state index is 11.6. The van der Waals surface area contributed by atoms with Crippen molar-refractivity contribution in [3.63, 3.8) is 0 Å². The molecule has 1 aromatic rings. The Morgan fingerprint density at radius 2 is 1.89 bits per heavy atom. The van der Waals surface area contributed by atoms with Crippen LogP contribution in [-0.4, -0.2) is 37.4 Å². The molecule has 18 heavy (non-hydrogen) atoms. The fourth-order valence-corrected chi connectivity index (χ4v) is 2.92. The van der Waals surface area contributed by atoms with Gasteiger partial charge in [-0.2, -0.15) is 0 Å². The Morgan fingerprint density at radius 3 is 2.28 bits per heavy atom. The van der Waals surface area contributed by atoms with E-state index in [4.69, 9.17) is 10.7 Å². The first kappa shape index (κ1) is 15.5. The zero-order chi connectivity index (χ0) is 14.1. The van der Waals surface area contributed by atoms with E-state index in [0.29, 0.717) is 5.82 Å². The third-order valence-corrected chi connectivity index (χ3v) is 5.90. The summed E-state index contributed by atoms with van der Waals surface area (Å²) in [6.07, 6.45) is 1.24. The number of aryl methyl sites for hydroxylation is 2. The molecule has 9 heteroatoms. The second kappa shape index (κ2) is 5.18.